The molecule has 0 bridgehead atoms. The number of ether oxygens (including phenoxy) is 2. The van der Waals surface area contributed by atoms with E-state index in [9.17, 15) is 9.59 Å². The minimum atomic E-state index is -0.497. The molecule has 0 spiro atoms. The molecule has 1 aromatic heterocycles. The molecule has 1 aromatic carbocycles. The average Bonchev–Trinajstić information content (AvgIpc) is 2.64. The Hall–Kier alpha value is -2.70. The van der Waals surface area contributed by atoms with E-state index in [4.69, 9.17) is 9.47 Å². The van der Waals surface area contributed by atoms with E-state index in [-0.39, 0.29) is 11.7 Å². The molecule has 0 saturated carbocycles. The molecule has 2 aromatic rings. The summed E-state index contributed by atoms with van der Waals surface area (Å²) in [5.41, 5.74) is 1.99. The van der Waals surface area contributed by atoms with Crippen LogP contribution >= 0.6 is 0 Å². The van der Waals surface area contributed by atoms with Gasteiger partial charge in [-0.05, 0) is 39.8 Å². The molecule has 2 heterocycles. The zero-order valence-electron chi connectivity index (χ0n) is 17.5. The smallest absolute Gasteiger partial charge is 0.410 e. The summed E-state index contributed by atoms with van der Waals surface area (Å²) in [6.07, 6.45) is -0.277. The molecule has 28 heavy (non-hydrogen) atoms. The number of fused-ring (bicyclic) bond motifs is 1. The number of nitrogens with zero attached hydrogens (tertiary/aromatic N) is 3. The standard InChI is InChI=1S/C21H29N3O4/c1-14-11-16-17(22(5)19(14)25)12-15(13-18(16)27-6)23-7-9-24(10-8-23)20(26)28-21(2,3)4/h11-13H,7-10H2,1-6H3. The van der Waals surface area contributed by atoms with Crippen LogP contribution < -0.4 is 15.2 Å². The molecule has 0 atom stereocenters. The van der Waals surface area contributed by atoms with Crippen molar-refractivity contribution >= 4 is 22.7 Å². The molecule has 3 rings (SSSR count). The van der Waals surface area contributed by atoms with Crippen molar-refractivity contribution in [3.63, 3.8) is 0 Å². The van der Waals surface area contributed by atoms with Crippen LogP contribution in [0.3, 0.4) is 0 Å². The van der Waals surface area contributed by atoms with Crippen LogP contribution in [0.2, 0.25) is 0 Å². The second-order valence-electron chi connectivity index (χ2n) is 8.23. The summed E-state index contributed by atoms with van der Waals surface area (Å²) < 4.78 is 12.7. The van der Waals surface area contributed by atoms with E-state index in [2.05, 4.69) is 4.90 Å². The van der Waals surface area contributed by atoms with Gasteiger partial charge in [0, 0.05) is 55.9 Å². The summed E-state index contributed by atoms with van der Waals surface area (Å²) in [7, 11) is 3.42. The van der Waals surface area contributed by atoms with Gasteiger partial charge in [0.25, 0.3) is 5.56 Å². The Morgan fingerprint density at radius 1 is 1.07 bits per heavy atom. The van der Waals surface area contributed by atoms with Crippen molar-refractivity contribution in [1.29, 1.82) is 0 Å². The topological polar surface area (TPSA) is 64.0 Å². The number of amides is 1. The van der Waals surface area contributed by atoms with E-state index in [0.717, 1.165) is 22.3 Å². The van der Waals surface area contributed by atoms with Crippen LogP contribution in [0.1, 0.15) is 26.3 Å². The molecule has 1 saturated heterocycles. The van der Waals surface area contributed by atoms with E-state index < -0.39 is 5.60 Å². The molecular formula is C21H29N3O4. The van der Waals surface area contributed by atoms with Crippen LogP contribution in [-0.2, 0) is 11.8 Å². The Kier molecular flexibility index (Phi) is 5.28. The largest absolute Gasteiger partial charge is 0.496 e. The molecule has 7 nitrogen and oxygen atoms in total. The Morgan fingerprint density at radius 3 is 2.29 bits per heavy atom. The van der Waals surface area contributed by atoms with Gasteiger partial charge in [0.15, 0.2) is 0 Å². The minimum absolute atomic E-state index is 0.0125. The monoisotopic (exact) mass is 387 g/mol. The van der Waals surface area contributed by atoms with Crippen molar-refractivity contribution in [2.45, 2.75) is 33.3 Å². The van der Waals surface area contributed by atoms with E-state index in [1.165, 1.54) is 0 Å². The van der Waals surface area contributed by atoms with Crippen LogP contribution in [0, 0.1) is 6.92 Å². The number of anilines is 1. The molecule has 0 N–H and O–H groups in total. The predicted molar refractivity (Wildman–Crippen MR) is 110 cm³/mol. The number of rotatable bonds is 2. The Bertz CT molecular complexity index is 951. The summed E-state index contributed by atoms with van der Waals surface area (Å²) in [4.78, 5) is 28.6. The maximum absolute atomic E-state index is 12.4. The molecule has 1 amide bonds. The first-order valence-electron chi connectivity index (χ1n) is 9.52. The Labute approximate surface area is 165 Å². The first-order valence-corrected chi connectivity index (χ1v) is 9.52. The summed E-state index contributed by atoms with van der Waals surface area (Å²) >= 11 is 0. The molecule has 1 aliphatic heterocycles. The molecule has 152 valence electrons. The molecule has 7 heteroatoms. The highest BCUT2D eigenvalue weighted by Crippen LogP contribution is 2.32. The lowest BCUT2D eigenvalue weighted by atomic mass is 10.1. The molecule has 1 aliphatic rings. The number of pyridine rings is 1. The number of piperazine rings is 1. The Morgan fingerprint density at radius 2 is 1.71 bits per heavy atom. The van der Waals surface area contributed by atoms with Gasteiger partial charge in [0.2, 0.25) is 0 Å². The van der Waals surface area contributed by atoms with Crippen molar-refractivity contribution < 1.29 is 14.3 Å². The SMILES string of the molecule is COc1cc(N2CCN(C(=O)OC(C)(C)C)CC2)cc2c1cc(C)c(=O)n2C. The van der Waals surface area contributed by atoms with Gasteiger partial charge in [-0.2, -0.15) is 0 Å². The van der Waals surface area contributed by atoms with Crippen molar-refractivity contribution in [1.82, 2.24) is 9.47 Å². The van der Waals surface area contributed by atoms with Gasteiger partial charge in [-0.1, -0.05) is 0 Å². The first-order chi connectivity index (χ1) is 13.1. The third-order valence-electron chi connectivity index (χ3n) is 4.99. The van der Waals surface area contributed by atoms with E-state index in [1.54, 1.807) is 23.6 Å². The molecule has 0 unspecified atom stereocenters. The zero-order valence-corrected chi connectivity index (χ0v) is 17.5. The van der Waals surface area contributed by atoms with E-state index >= 15 is 0 Å². The van der Waals surface area contributed by atoms with Gasteiger partial charge >= 0.3 is 6.09 Å². The Balaban J connectivity index is 1.85. The fourth-order valence-corrected chi connectivity index (χ4v) is 3.50. The summed E-state index contributed by atoms with van der Waals surface area (Å²) in [5, 5.41) is 0.915. The van der Waals surface area contributed by atoms with Gasteiger partial charge in [0.05, 0.1) is 12.6 Å². The van der Waals surface area contributed by atoms with Crippen molar-refractivity contribution in [2.75, 3.05) is 38.2 Å². The van der Waals surface area contributed by atoms with Gasteiger partial charge in [-0.15, -0.1) is 0 Å². The molecule has 0 radical (unpaired) electrons. The number of carbonyl (C=O) groups is 1. The second-order valence-corrected chi connectivity index (χ2v) is 8.23. The highest BCUT2D eigenvalue weighted by atomic mass is 16.6. The number of methoxy groups -OCH3 is 1. The van der Waals surface area contributed by atoms with Crippen molar-refractivity contribution in [3.05, 3.63) is 34.1 Å². The number of hydrogen-bond donors (Lipinski definition) is 0. The van der Waals surface area contributed by atoms with Gasteiger partial charge in [0.1, 0.15) is 11.4 Å². The normalized spacial score (nSPS) is 15.1. The highest BCUT2D eigenvalue weighted by molar-refractivity contribution is 5.89. The van der Waals surface area contributed by atoms with Crippen molar-refractivity contribution in [3.8, 4) is 5.75 Å². The molecule has 1 fully saturated rings. The number of aryl methyl sites for hydroxylation is 2. The van der Waals surface area contributed by atoms with E-state index in [1.807, 2.05) is 45.9 Å². The van der Waals surface area contributed by atoms with Crippen LogP contribution in [0.25, 0.3) is 10.9 Å². The van der Waals surface area contributed by atoms with Gasteiger partial charge in [-0.3, -0.25) is 4.79 Å². The highest BCUT2D eigenvalue weighted by Gasteiger charge is 2.26. The first kappa shape index (κ1) is 20.0. The number of aromatic nitrogens is 1. The minimum Gasteiger partial charge on any atom is -0.496 e. The quantitative estimate of drug-likeness (QED) is 0.793. The van der Waals surface area contributed by atoms with Gasteiger partial charge < -0.3 is 23.8 Å². The molecule has 0 aliphatic carbocycles. The summed E-state index contributed by atoms with van der Waals surface area (Å²) in [5.74, 6) is 0.737. The van der Waals surface area contributed by atoms with Gasteiger partial charge in [-0.25, -0.2) is 4.79 Å². The second kappa shape index (κ2) is 7.37. The van der Waals surface area contributed by atoms with Crippen LogP contribution in [0.5, 0.6) is 5.75 Å². The fourth-order valence-electron chi connectivity index (χ4n) is 3.50. The predicted octanol–water partition coefficient (Wildman–Crippen LogP) is 2.91. The fraction of sp³-hybridized carbons (Fsp3) is 0.524. The number of benzene rings is 1. The van der Waals surface area contributed by atoms with E-state index in [0.29, 0.717) is 31.7 Å². The molecular weight excluding hydrogens is 358 g/mol. The lowest BCUT2D eigenvalue weighted by molar-refractivity contribution is 0.0240. The average molecular weight is 387 g/mol. The van der Waals surface area contributed by atoms with Crippen LogP contribution in [0.4, 0.5) is 10.5 Å². The lowest BCUT2D eigenvalue weighted by Crippen LogP contribution is -2.50. The van der Waals surface area contributed by atoms with Crippen molar-refractivity contribution in [2.24, 2.45) is 7.05 Å². The maximum atomic E-state index is 12.4. The van der Waals surface area contributed by atoms with Crippen LogP contribution in [-0.4, -0.2) is 54.5 Å². The maximum Gasteiger partial charge on any atom is 0.410 e. The third-order valence-corrected chi connectivity index (χ3v) is 4.99. The summed E-state index contributed by atoms with van der Waals surface area (Å²) in [6, 6.07) is 5.89. The number of hydrogen-bond acceptors (Lipinski definition) is 5. The number of carbonyl (C=O) groups excluding carboxylic acids is 1. The lowest BCUT2D eigenvalue weighted by Gasteiger charge is -2.37. The third kappa shape index (κ3) is 3.93. The van der Waals surface area contributed by atoms with Crippen LogP contribution in [0.15, 0.2) is 23.0 Å². The summed E-state index contributed by atoms with van der Waals surface area (Å²) in [6.45, 7) is 9.97. The zero-order chi connectivity index (χ0) is 20.6.